The first kappa shape index (κ1) is 8.95. The van der Waals surface area contributed by atoms with Crippen molar-refractivity contribution in [1.82, 2.24) is 0 Å². The van der Waals surface area contributed by atoms with Gasteiger partial charge in [-0.25, -0.2) is 0 Å². The minimum atomic E-state index is 0.967. The molecule has 0 bridgehead atoms. The summed E-state index contributed by atoms with van der Waals surface area (Å²) in [7, 11) is 0. The summed E-state index contributed by atoms with van der Waals surface area (Å²) < 4.78 is 0. The second kappa shape index (κ2) is 4.05. The molecule has 70 valence electrons. The molecule has 2 rings (SSSR count). The number of allylic oxidation sites excluding steroid dienone is 3. The third-order valence-corrected chi connectivity index (χ3v) is 2.19. The SMILES string of the molecule is CC1=CCC(C=Cc2ccccc2)=N1. The van der Waals surface area contributed by atoms with E-state index in [2.05, 4.69) is 35.4 Å². The minimum absolute atomic E-state index is 0.967. The van der Waals surface area contributed by atoms with E-state index in [1.54, 1.807) is 0 Å². The van der Waals surface area contributed by atoms with E-state index in [9.17, 15) is 0 Å². The van der Waals surface area contributed by atoms with E-state index in [1.165, 1.54) is 5.56 Å². The summed E-state index contributed by atoms with van der Waals surface area (Å²) in [6, 6.07) is 10.3. The third kappa shape index (κ3) is 2.19. The number of hydrogen-bond donors (Lipinski definition) is 0. The van der Waals surface area contributed by atoms with Crippen LogP contribution in [0.2, 0.25) is 0 Å². The molecule has 1 aromatic rings. The van der Waals surface area contributed by atoms with Gasteiger partial charge in [-0.05, 0) is 18.6 Å². The highest BCUT2D eigenvalue weighted by Gasteiger charge is 2.00. The lowest BCUT2D eigenvalue weighted by molar-refractivity contribution is 1.34. The lowest BCUT2D eigenvalue weighted by Gasteiger charge is -1.91. The monoisotopic (exact) mass is 183 g/mol. The van der Waals surface area contributed by atoms with Crippen molar-refractivity contribution in [2.75, 3.05) is 0 Å². The van der Waals surface area contributed by atoms with E-state index in [0.717, 1.165) is 17.8 Å². The molecule has 1 nitrogen and oxygen atoms in total. The molecule has 0 aliphatic carbocycles. The van der Waals surface area contributed by atoms with Gasteiger partial charge >= 0.3 is 0 Å². The number of nitrogens with zero attached hydrogens (tertiary/aromatic N) is 1. The van der Waals surface area contributed by atoms with Gasteiger partial charge in [0.25, 0.3) is 0 Å². The maximum absolute atomic E-state index is 4.39. The molecular weight excluding hydrogens is 170 g/mol. The van der Waals surface area contributed by atoms with Crippen LogP contribution in [0.1, 0.15) is 18.9 Å². The zero-order chi connectivity index (χ0) is 9.80. The quantitative estimate of drug-likeness (QED) is 0.666. The van der Waals surface area contributed by atoms with Crippen LogP contribution in [0.4, 0.5) is 0 Å². The van der Waals surface area contributed by atoms with Crippen molar-refractivity contribution in [3.8, 4) is 0 Å². The molecule has 0 amide bonds. The molecule has 0 radical (unpaired) electrons. The summed E-state index contributed by atoms with van der Waals surface area (Å²) >= 11 is 0. The van der Waals surface area contributed by atoms with Gasteiger partial charge in [0.2, 0.25) is 0 Å². The zero-order valence-electron chi connectivity index (χ0n) is 8.27. The molecular formula is C13H13N. The Morgan fingerprint density at radius 1 is 1.14 bits per heavy atom. The van der Waals surface area contributed by atoms with Gasteiger partial charge in [0.1, 0.15) is 0 Å². The van der Waals surface area contributed by atoms with Gasteiger partial charge in [0.05, 0.1) is 0 Å². The van der Waals surface area contributed by atoms with Crippen LogP contribution in [0.5, 0.6) is 0 Å². The minimum Gasteiger partial charge on any atom is -0.258 e. The predicted molar refractivity (Wildman–Crippen MR) is 61.3 cm³/mol. The van der Waals surface area contributed by atoms with Gasteiger partial charge in [0, 0.05) is 17.8 Å². The molecule has 0 saturated heterocycles. The summed E-state index contributed by atoms with van der Waals surface area (Å²) in [6.45, 7) is 2.03. The van der Waals surface area contributed by atoms with Gasteiger partial charge in [-0.2, -0.15) is 0 Å². The van der Waals surface area contributed by atoms with Crippen molar-refractivity contribution in [2.45, 2.75) is 13.3 Å². The third-order valence-electron chi connectivity index (χ3n) is 2.19. The summed E-state index contributed by atoms with van der Waals surface area (Å²) in [5.74, 6) is 0. The number of benzene rings is 1. The Balaban J connectivity index is 2.06. The number of rotatable bonds is 2. The van der Waals surface area contributed by atoms with Crippen molar-refractivity contribution < 1.29 is 0 Å². The van der Waals surface area contributed by atoms with Crippen LogP contribution in [-0.2, 0) is 0 Å². The van der Waals surface area contributed by atoms with E-state index in [1.807, 2.05) is 25.1 Å². The predicted octanol–water partition coefficient (Wildman–Crippen LogP) is 3.45. The highest BCUT2D eigenvalue weighted by Crippen LogP contribution is 2.11. The first-order valence-electron chi connectivity index (χ1n) is 4.82. The molecule has 14 heavy (non-hydrogen) atoms. The topological polar surface area (TPSA) is 12.4 Å². The summed E-state index contributed by atoms with van der Waals surface area (Å²) in [4.78, 5) is 4.39. The summed E-state index contributed by atoms with van der Waals surface area (Å²) in [6.07, 6.45) is 7.30. The molecule has 0 unspecified atom stereocenters. The highest BCUT2D eigenvalue weighted by atomic mass is 14.8. The van der Waals surface area contributed by atoms with E-state index >= 15 is 0 Å². The average Bonchev–Trinajstić information content (AvgIpc) is 2.63. The van der Waals surface area contributed by atoms with Gasteiger partial charge in [-0.1, -0.05) is 42.5 Å². The highest BCUT2D eigenvalue weighted by molar-refractivity contribution is 6.01. The molecule has 0 atom stereocenters. The molecule has 0 N–H and O–H groups in total. The average molecular weight is 183 g/mol. The van der Waals surface area contributed by atoms with Crippen molar-refractivity contribution in [1.29, 1.82) is 0 Å². The van der Waals surface area contributed by atoms with E-state index in [4.69, 9.17) is 0 Å². The molecule has 1 heteroatoms. The second-order valence-electron chi connectivity index (χ2n) is 3.40. The van der Waals surface area contributed by atoms with Crippen LogP contribution < -0.4 is 0 Å². The van der Waals surface area contributed by atoms with E-state index < -0.39 is 0 Å². The van der Waals surface area contributed by atoms with Gasteiger partial charge in [-0.3, -0.25) is 4.99 Å². The molecule has 1 aliphatic rings. The molecule has 1 aromatic carbocycles. The fraction of sp³-hybridized carbons (Fsp3) is 0.154. The van der Waals surface area contributed by atoms with Crippen molar-refractivity contribution >= 4 is 11.8 Å². The van der Waals surface area contributed by atoms with Crippen molar-refractivity contribution in [2.24, 2.45) is 4.99 Å². The summed E-state index contributed by atoms with van der Waals surface area (Å²) in [5.41, 5.74) is 3.49. The standard InChI is InChI=1S/C13H13N/c1-11-7-9-13(14-11)10-8-12-5-3-2-4-6-12/h2-8,10H,9H2,1H3. The largest absolute Gasteiger partial charge is 0.258 e. The normalized spacial score (nSPS) is 15.8. The Morgan fingerprint density at radius 2 is 1.93 bits per heavy atom. The Labute approximate surface area is 84.5 Å². The van der Waals surface area contributed by atoms with Gasteiger partial charge in [0.15, 0.2) is 0 Å². The van der Waals surface area contributed by atoms with E-state index in [-0.39, 0.29) is 0 Å². The van der Waals surface area contributed by atoms with Crippen molar-refractivity contribution in [3.63, 3.8) is 0 Å². The zero-order valence-corrected chi connectivity index (χ0v) is 8.27. The first-order chi connectivity index (χ1) is 6.84. The fourth-order valence-corrected chi connectivity index (χ4v) is 1.43. The van der Waals surface area contributed by atoms with Crippen LogP contribution in [0.3, 0.4) is 0 Å². The Kier molecular flexibility index (Phi) is 2.59. The lowest BCUT2D eigenvalue weighted by atomic mass is 10.2. The second-order valence-corrected chi connectivity index (χ2v) is 3.40. The van der Waals surface area contributed by atoms with Crippen LogP contribution in [-0.4, -0.2) is 5.71 Å². The molecule has 1 aliphatic heterocycles. The smallest absolute Gasteiger partial charge is 0.0445 e. The molecule has 0 spiro atoms. The Hall–Kier alpha value is -1.63. The number of aliphatic imine (C=N–C) groups is 1. The maximum Gasteiger partial charge on any atom is 0.0445 e. The van der Waals surface area contributed by atoms with Gasteiger partial charge < -0.3 is 0 Å². The Bertz CT molecular complexity index is 397. The summed E-state index contributed by atoms with van der Waals surface area (Å²) in [5, 5.41) is 0. The molecule has 0 saturated carbocycles. The first-order valence-corrected chi connectivity index (χ1v) is 4.82. The molecule has 0 fully saturated rings. The molecule has 0 aromatic heterocycles. The fourth-order valence-electron chi connectivity index (χ4n) is 1.43. The van der Waals surface area contributed by atoms with Crippen molar-refractivity contribution in [3.05, 3.63) is 53.7 Å². The van der Waals surface area contributed by atoms with Crippen LogP contribution in [0.15, 0.2) is 53.2 Å². The van der Waals surface area contributed by atoms with Gasteiger partial charge in [-0.15, -0.1) is 0 Å². The maximum atomic E-state index is 4.39. The lowest BCUT2D eigenvalue weighted by Crippen LogP contribution is -1.84. The molecule has 1 heterocycles. The van der Waals surface area contributed by atoms with Crippen LogP contribution >= 0.6 is 0 Å². The Morgan fingerprint density at radius 3 is 2.57 bits per heavy atom. The van der Waals surface area contributed by atoms with E-state index in [0.29, 0.717) is 0 Å². The van der Waals surface area contributed by atoms with Crippen LogP contribution in [0.25, 0.3) is 6.08 Å². The number of hydrogen-bond acceptors (Lipinski definition) is 1. The van der Waals surface area contributed by atoms with Crippen LogP contribution in [0, 0.1) is 0 Å².